The molecule has 284 valence electrons. The number of rotatable bonds is 24. The van der Waals surface area contributed by atoms with E-state index in [4.69, 9.17) is 37.3 Å². The van der Waals surface area contributed by atoms with Crippen molar-refractivity contribution in [2.45, 2.75) is 110 Å². The van der Waals surface area contributed by atoms with Crippen LogP contribution in [0.1, 0.15) is 76.0 Å². The smallest absolute Gasteiger partial charge is 0.456 e. The number of ketones is 1. The van der Waals surface area contributed by atoms with E-state index in [0.29, 0.717) is 12.8 Å². The molecule has 0 unspecified atom stereocenters. The van der Waals surface area contributed by atoms with Crippen molar-refractivity contribution < 1.29 is 51.4 Å². The number of hydrogen-bond acceptors (Lipinski definition) is 11. The molecular weight excluding hydrogens is 687 g/mol. The van der Waals surface area contributed by atoms with E-state index in [2.05, 4.69) is 0 Å². The molecule has 0 radical (unpaired) electrons. The first kappa shape index (κ1) is 41.5. The molecule has 52 heavy (non-hydrogen) atoms. The van der Waals surface area contributed by atoms with Crippen LogP contribution in [0.3, 0.4) is 0 Å². The minimum Gasteiger partial charge on any atom is -0.456 e. The van der Waals surface area contributed by atoms with Crippen LogP contribution in [0.4, 0.5) is 0 Å². The fourth-order valence-electron chi connectivity index (χ4n) is 5.37. The molecule has 4 rings (SSSR count). The van der Waals surface area contributed by atoms with E-state index in [1.165, 1.54) is 6.92 Å². The van der Waals surface area contributed by atoms with Gasteiger partial charge in [-0.3, -0.25) is 18.4 Å². The van der Waals surface area contributed by atoms with Gasteiger partial charge in [0, 0.05) is 6.42 Å². The van der Waals surface area contributed by atoms with Gasteiger partial charge in [-0.1, -0.05) is 118 Å². The molecule has 1 heterocycles. The summed E-state index contributed by atoms with van der Waals surface area (Å²) in [6.45, 7) is 6.17. The van der Waals surface area contributed by atoms with Gasteiger partial charge < -0.3 is 28.5 Å². The molecule has 1 aliphatic rings. The maximum Gasteiger partial charge on any atom is 0.477 e. The first-order valence-electron chi connectivity index (χ1n) is 18.1. The summed E-state index contributed by atoms with van der Waals surface area (Å²) in [6, 6.07) is 28.7. The lowest BCUT2D eigenvalue weighted by molar-refractivity contribution is -0.306. The Balaban J connectivity index is 1.72. The van der Waals surface area contributed by atoms with Gasteiger partial charge in [-0.2, -0.15) is 0 Å². The summed E-state index contributed by atoms with van der Waals surface area (Å²) in [5, 5.41) is 0. The van der Waals surface area contributed by atoms with Crippen molar-refractivity contribution in [1.29, 1.82) is 0 Å². The number of unbranched alkanes of at least 4 members (excludes halogenated alkanes) is 2. The second-order valence-corrected chi connectivity index (χ2v) is 14.3. The predicted octanol–water partition coefficient (Wildman–Crippen LogP) is 8.14. The fraction of sp³-hybridized carbons (Fsp3) is 0.500. The molecule has 0 amide bonds. The van der Waals surface area contributed by atoms with Crippen LogP contribution in [0.15, 0.2) is 91.0 Å². The molecule has 5 atom stereocenters. The van der Waals surface area contributed by atoms with E-state index in [0.717, 1.165) is 29.5 Å². The summed E-state index contributed by atoms with van der Waals surface area (Å²) < 4.78 is 63.9. The molecule has 0 spiro atoms. The molecule has 3 aromatic rings. The summed E-state index contributed by atoms with van der Waals surface area (Å²) in [4.78, 5) is 25.2. The Bertz CT molecular complexity index is 1480. The third kappa shape index (κ3) is 14.3. The van der Waals surface area contributed by atoms with E-state index in [1.807, 2.05) is 105 Å². The molecule has 0 saturated carbocycles. The minimum atomic E-state index is -4.22. The van der Waals surface area contributed by atoms with Gasteiger partial charge in [0.25, 0.3) is 0 Å². The lowest BCUT2D eigenvalue weighted by atomic mass is 9.98. The van der Waals surface area contributed by atoms with Crippen LogP contribution in [0.25, 0.3) is 0 Å². The lowest BCUT2D eigenvalue weighted by Gasteiger charge is -2.45. The average Bonchev–Trinajstić information content (AvgIpc) is 3.15. The molecule has 1 fully saturated rings. The predicted molar refractivity (Wildman–Crippen MR) is 195 cm³/mol. The van der Waals surface area contributed by atoms with Crippen LogP contribution < -0.4 is 0 Å². The number of ether oxygens (including phenoxy) is 5. The largest absolute Gasteiger partial charge is 0.477 e. The van der Waals surface area contributed by atoms with E-state index in [-0.39, 0.29) is 58.3 Å². The standard InChI is InChI=1S/C40H53O11P/c1-4-6-25-47-52(43,48-26-7-5-2)51-40-39(46-29-34-21-15-10-16-22-34)38(50-36(42)24-23-31(3)41)37(45-28-33-19-13-9-14-20-33)35(49-40)30-44-27-32-17-11-8-12-18-32/h8-22,35,37-40H,4-7,23-30H2,1-3H3/t35-,37+,38+,39-,40+/m1/s1. The van der Waals surface area contributed by atoms with Crippen LogP contribution >= 0.6 is 7.82 Å². The SMILES string of the molecule is CCCCOP(=O)(OCCCC)O[C@@H]1O[C@H](COCc2ccccc2)[C@H](OCc2ccccc2)[C@H](OC(=O)CCC(C)=O)[C@H]1OCc1ccccc1. The third-order valence-corrected chi connectivity index (χ3v) is 9.70. The zero-order chi connectivity index (χ0) is 37.0. The number of carbonyl (C=O) groups excluding carboxylic acids is 2. The van der Waals surface area contributed by atoms with Gasteiger partial charge in [0.1, 0.15) is 24.1 Å². The molecule has 1 aliphatic heterocycles. The van der Waals surface area contributed by atoms with Gasteiger partial charge >= 0.3 is 13.8 Å². The van der Waals surface area contributed by atoms with Gasteiger partial charge in [0.2, 0.25) is 0 Å². The van der Waals surface area contributed by atoms with Gasteiger partial charge in [-0.05, 0) is 36.5 Å². The third-order valence-electron chi connectivity index (χ3n) is 8.23. The highest BCUT2D eigenvalue weighted by Crippen LogP contribution is 2.52. The van der Waals surface area contributed by atoms with E-state index >= 15 is 0 Å². The number of esters is 1. The van der Waals surface area contributed by atoms with Crippen LogP contribution in [-0.2, 0) is 71.2 Å². The van der Waals surface area contributed by atoms with Gasteiger partial charge in [-0.15, -0.1) is 0 Å². The highest BCUT2D eigenvalue weighted by atomic mass is 31.2. The molecule has 0 N–H and O–H groups in total. The maximum atomic E-state index is 14.2. The number of phosphoric ester groups is 1. The highest BCUT2D eigenvalue weighted by molar-refractivity contribution is 7.48. The number of carbonyl (C=O) groups is 2. The van der Waals surface area contributed by atoms with Gasteiger partial charge in [0.15, 0.2) is 12.4 Å². The Morgan fingerprint density at radius 2 is 1.17 bits per heavy atom. The normalized spacial score (nSPS) is 20.4. The van der Waals surface area contributed by atoms with E-state index in [1.54, 1.807) is 0 Å². The number of hydrogen-bond donors (Lipinski definition) is 0. The van der Waals surface area contributed by atoms with Crippen molar-refractivity contribution in [3.63, 3.8) is 0 Å². The summed E-state index contributed by atoms with van der Waals surface area (Å²) >= 11 is 0. The van der Waals surface area contributed by atoms with Crippen molar-refractivity contribution in [3.05, 3.63) is 108 Å². The fourth-order valence-corrected chi connectivity index (χ4v) is 6.69. The van der Waals surface area contributed by atoms with Crippen LogP contribution in [0.5, 0.6) is 0 Å². The Labute approximate surface area is 307 Å². The molecule has 11 nitrogen and oxygen atoms in total. The summed E-state index contributed by atoms with van der Waals surface area (Å²) in [7, 11) is -4.22. The summed E-state index contributed by atoms with van der Waals surface area (Å²) in [5.74, 6) is -0.784. The van der Waals surface area contributed by atoms with Gasteiger partial charge in [0.05, 0.1) is 46.1 Å². The highest BCUT2D eigenvalue weighted by Gasteiger charge is 2.53. The first-order valence-corrected chi connectivity index (χ1v) is 19.6. The van der Waals surface area contributed by atoms with Crippen molar-refractivity contribution in [3.8, 4) is 0 Å². The Kier molecular flexibility index (Phi) is 18.1. The quantitative estimate of drug-likeness (QED) is 0.0502. The summed E-state index contributed by atoms with van der Waals surface area (Å²) in [6.07, 6.45) is -2.80. The number of benzene rings is 3. The molecule has 1 saturated heterocycles. The monoisotopic (exact) mass is 740 g/mol. The molecular formula is C40H53O11P. The molecule has 0 aromatic heterocycles. The zero-order valence-electron chi connectivity index (χ0n) is 30.5. The van der Waals surface area contributed by atoms with Crippen molar-refractivity contribution >= 4 is 19.6 Å². The van der Waals surface area contributed by atoms with Crippen molar-refractivity contribution in [1.82, 2.24) is 0 Å². The Hall–Kier alpha value is -3.25. The van der Waals surface area contributed by atoms with E-state index < -0.39 is 44.5 Å². The number of Topliss-reactive ketones (excluding diaryl/α,β-unsaturated/α-hetero) is 1. The number of phosphoric acid groups is 1. The molecule has 0 bridgehead atoms. The molecule has 3 aromatic carbocycles. The minimum absolute atomic E-state index is 0.00119. The van der Waals surface area contributed by atoms with Crippen LogP contribution in [-0.4, -0.2) is 62.3 Å². The Morgan fingerprint density at radius 1 is 0.673 bits per heavy atom. The lowest BCUT2D eigenvalue weighted by Crippen LogP contribution is -2.62. The van der Waals surface area contributed by atoms with Gasteiger partial charge in [-0.25, -0.2) is 4.57 Å². The van der Waals surface area contributed by atoms with Crippen LogP contribution in [0, 0.1) is 0 Å². The summed E-state index contributed by atoms with van der Waals surface area (Å²) in [5.41, 5.74) is 2.66. The molecule has 0 aliphatic carbocycles. The van der Waals surface area contributed by atoms with E-state index in [9.17, 15) is 14.2 Å². The maximum absolute atomic E-state index is 14.2. The topological polar surface area (TPSA) is 125 Å². The van der Waals surface area contributed by atoms with Crippen LogP contribution in [0.2, 0.25) is 0 Å². The average molecular weight is 741 g/mol. The second kappa shape index (κ2) is 22.7. The van der Waals surface area contributed by atoms with Crippen molar-refractivity contribution in [2.75, 3.05) is 19.8 Å². The zero-order valence-corrected chi connectivity index (χ0v) is 31.4. The second-order valence-electron chi connectivity index (χ2n) is 12.6. The molecule has 12 heteroatoms. The van der Waals surface area contributed by atoms with Crippen molar-refractivity contribution in [2.24, 2.45) is 0 Å². The first-order chi connectivity index (χ1) is 25.3. The Morgan fingerprint density at radius 3 is 1.67 bits per heavy atom.